The zero-order chi connectivity index (χ0) is 13.1. The van der Waals surface area contributed by atoms with Crippen molar-refractivity contribution >= 4 is 5.95 Å². The summed E-state index contributed by atoms with van der Waals surface area (Å²) in [6.07, 6.45) is 10.7. The van der Waals surface area contributed by atoms with Crippen LogP contribution >= 0.6 is 0 Å². The van der Waals surface area contributed by atoms with Gasteiger partial charge in [0.05, 0.1) is 0 Å². The smallest absolute Gasteiger partial charge is 0.225 e. The summed E-state index contributed by atoms with van der Waals surface area (Å²) in [4.78, 5) is 11.4. The standard InChI is InChI=1S/C15H24N4/c1-2-19(11-12-4-3-5-12)15-17-9-13(10-18-15)8-16-14-6-7-14/h9-10,12,14,16H,2-8,11H2,1H3. The van der Waals surface area contributed by atoms with E-state index in [9.17, 15) is 0 Å². The second-order valence-electron chi connectivity index (χ2n) is 5.88. The van der Waals surface area contributed by atoms with Gasteiger partial charge in [-0.1, -0.05) is 6.42 Å². The molecular weight excluding hydrogens is 236 g/mol. The lowest BCUT2D eigenvalue weighted by atomic mass is 9.85. The third kappa shape index (κ3) is 3.44. The second-order valence-corrected chi connectivity index (χ2v) is 5.88. The van der Waals surface area contributed by atoms with Gasteiger partial charge in [0.1, 0.15) is 0 Å². The molecule has 1 aromatic rings. The quantitative estimate of drug-likeness (QED) is 0.817. The van der Waals surface area contributed by atoms with Crippen LogP contribution in [0.3, 0.4) is 0 Å². The number of nitrogens with zero attached hydrogens (tertiary/aromatic N) is 3. The van der Waals surface area contributed by atoms with Crippen LogP contribution in [0.4, 0.5) is 5.95 Å². The summed E-state index contributed by atoms with van der Waals surface area (Å²) in [6, 6.07) is 0.741. The normalized spacial score (nSPS) is 19.2. The number of nitrogens with one attached hydrogen (secondary N) is 1. The molecule has 0 spiro atoms. The molecule has 4 nitrogen and oxygen atoms in total. The Morgan fingerprint density at radius 1 is 1.21 bits per heavy atom. The van der Waals surface area contributed by atoms with Gasteiger partial charge in [-0.2, -0.15) is 0 Å². The molecule has 0 saturated heterocycles. The van der Waals surface area contributed by atoms with Gasteiger partial charge in [-0.05, 0) is 38.5 Å². The van der Waals surface area contributed by atoms with Gasteiger partial charge in [0.2, 0.25) is 5.95 Å². The molecule has 0 aliphatic heterocycles. The van der Waals surface area contributed by atoms with Gasteiger partial charge in [0, 0.05) is 43.6 Å². The van der Waals surface area contributed by atoms with Crippen molar-refractivity contribution in [2.75, 3.05) is 18.0 Å². The molecule has 2 aliphatic carbocycles. The number of hydrogen-bond acceptors (Lipinski definition) is 4. The zero-order valence-corrected chi connectivity index (χ0v) is 11.8. The number of aromatic nitrogens is 2. The van der Waals surface area contributed by atoms with E-state index >= 15 is 0 Å². The lowest BCUT2D eigenvalue weighted by Gasteiger charge is -2.31. The molecule has 0 amide bonds. The van der Waals surface area contributed by atoms with Crippen LogP contribution in [0.25, 0.3) is 0 Å². The molecule has 2 fully saturated rings. The fraction of sp³-hybridized carbons (Fsp3) is 0.733. The van der Waals surface area contributed by atoms with Gasteiger partial charge in [-0.3, -0.25) is 0 Å². The lowest BCUT2D eigenvalue weighted by molar-refractivity contribution is 0.317. The average molecular weight is 260 g/mol. The van der Waals surface area contributed by atoms with Crippen molar-refractivity contribution in [1.29, 1.82) is 0 Å². The minimum absolute atomic E-state index is 0.741. The highest BCUT2D eigenvalue weighted by Crippen LogP contribution is 2.28. The zero-order valence-electron chi connectivity index (χ0n) is 11.8. The summed E-state index contributed by atoms with van der Waals surface area (Å²) in [5.74, 6) is 1.75. The van der Waals surface area contributed by atoms with Gasteiger partial charge < -0.3 is 10.2 Å². The van der Waals surface area contributed by atoms with Crippen LogP contribution in [0.2, 0.25) is 0 Å². The summed E-state index contributed by atoms with van der Waals surface area (Å²) in [7, 11) is 0. The molecule has 0 unspecified atom stereocenters. The summed E-state index contributed by atoms with van der Waals surface area (Å²) in [5.41, 5.74) is 1.19. The number of anilines is 1. The van der Waals surface area contributed by atoms with E-state index in [-0.39, 0.29) is 0 Å². The highest BCUT2D eigenvalue weighted by Gasteiger charge is 2.22. The fourth-order valence-corrected chi connectivity index (χ4v) is 2.49. The van der Waals surface area contributed by atoms with Gasteiger partial charge in [-0.15, -0.1) is 0 Å². The molecule has 0 aromatic carbocycles. The molecule has 2 aliphatic rings. The Morgan fingerprint density at radius 2 is 1.95 bits per heavy atom. The van der Waals surface area contributed by atoms with E-state index in [0.717, 1.165) is 37.5 Å². The summed E-state index contributed by atoms with van der Waals surface area (Å²) in [5, 5.41) is 3.49. The van der Waals surface area contributed by atoms with Gasteiger partial charge in [0.15, 0.2) is 0 Å². The van der Waals surface area contributed by atoms with E-state index in [2.05, 4.69) is 27.1 Å². The third-order valence-corrected chi connectivity index (χ3v) is 4.23. The number of hydrogen-bond donors (Lipinski definition) is 1. The van der Waals surface area contributed by atoms with Gasteiger partial charge in [-0.25, -0.2) is 9.97 Å². The van der Waals surface area contributed by atoms with Crippen molar-refractivity contribution in [3.8, 4) is 0 Å². The van der Waals surface area contributed by atoms with Crippen LogP contribution in [-0.4, -0.2) is 29.1 Å². The molecule has 2 saturated carbocycles. The van der Waals surface area contributed by atoms with E-state index < -0.39 is 0 Å². The van der Waals surface area contributed by atoms with E-state index in [1.807, 2.05) is 12.4 Å². The van der Waals surface area contributed by atoms with Gasteiger partial charge >= 0.3 is 0 Å². The predicted octanol–water partition coefficient (Wildman–Crippen LogP) is 2.36. The molecule has 1 heterocycles. The van der Waals surface area contributed by atoms with Crippen LogP contribution in [0.15, 0.2) is 12.4 Å². The molecule has 0 atom stereocenters. The molecular formula is C15H24N4. The Kier molecular flexibility index (Phi) is 3.97. The Balaban J connectivity index is 1.55. The van der Waals surface area contributed by atoms with Crippen molar-refractivity contribution in [2.24, 2.45) is 5.92 Å². The van der Waals surface area contributed by atoms with Crippen molar-refractivity contribution in [3.05, 3.63) is 18.0 Å². The van der Waals surface area contributed by atoms with E-state index in [4.69, 9.17) is 0 Å². The summed E-state index contributed by atoms with van der Waals surface area (Å²) < 4.78 is 0. The minimum Gasteiger partial charge on any atom is -0.341 e. The van der Waals surface area contributed by atoms with Crippen molar-refractivity contribution in [3.63, 3.8) is 0 Å². The highest BCUT2D eigenvalue weighted by molar-refractivity contribution is 5.29. The topological polar surface area (TPSA) is 41.1 Å². The Morgan fingerprint density at radius 3 is 2.47 bits per heavy atom. The van der Waals surface area contributed by atoms with Crippen molar-refractivity contribution < 1.29 is 0 Å². The van der Waals surface area contributed by atoms with Gasteiger partial charge in [0.25, 0.3) is 0 Å². The second kappa shape index (κ2) is 5.87. The van der Waals surface area contributed by atoms with Crippen LogP contribution in [0, 0.1) is 5.92 Å². The van der Waals surface area contributed by atoms with Crippen molar-refractivity contribution in [2.45, 2.75) is 51.6 Å². The largest absolute Gasteiger partial charge is 0.341 e. The maximum Gasteiger partial charge on any atom is 0.225 e. The summed E-state index contributed by atoms with van der Waals surface area (Å²) in [6.45, 7) is 5.20. The molecule has 19 heavy (non-hydrogen) atoms. The first-order valence-corrected chi connectivity index (χ1v) is 7.64. The van der Waals surface area contributed by atoms with E-state index in [1.165, 1.54) is 37.7 Å². The fourth-order valence-electron chi connectivity index (χ4n) is 2.49. The molecule has 1 N–H and O–H groups in total. The minimum atomic E-state index is 0.741. The molecule has 4 heteroatoms. The molecule has 0 bridgehead atoms. The van der Waals surface area contributed by atoms with Crippen LogP contribution in [0.5, 0.6) is 0 Å². The monoisotopic (exact) mass is 260 g/mol. The average Bonchev–Trinajstić information content (AvgIpc) is 3.20. The number of rotatable bonds is 7. The van der Waals surface area contributed by atoms with Crippen LogP contribution in [0.1, 0.15) is 44.6 Å². The predicted molar refractivity (Wildman–Crippen MR) is 77.1 cm³/mol. The maximum atomic E-state index is 4.53. The molecule has 104 valence electrons. The molecule has 1 aromatic heterocycles. The first-order valence-electron chi connectivity index (χ1n) is 7.64. The first kappa shape index (κ1) is 12.9. The molecule has 3 rings (SSSR count). The SMILES string of the molecule is CCN(CC1CCC1)c1ncc(CNC2CC2)cn1. The third-order valence-electron chi connectivity index (χ3n) is 4.23. The first-order chi connectivity index (χ1) is 9.35. The maximum absolute atomic E-state index is 4.53. The van der Waals surface area contributed by atoms with Crippen LogP contribution in [-0.2, 0) is 6.54 Å². The van der Waals surface area contributed by atoms with E-state index in [0.29, 0.717) is 0 Å². The Labute approximate surface area is 115 Å². The highest BCUT2D eigenvalue weighted by atomic mass is 15.2. The Bertz CT molecular complexity index is 395. The van der Waals surface area contributed by atoms with Crippen LogP contribution < -0.4 is 10.2 Å². The summed E-state index contributed by atoms with van der Waals surface area (Å²) >= 11 is 0. The molecule has 0 radical (unpaired) electrons. The lowest BCUT2D eigenvalue weighted by Crippen LogP contribution is -2.33. The van der Waals surface area contributed by atoms with Crippen molar-refractivity contribution in [1.82, 2.24) is 15.3 Å². The van der Waals surface area contributed by atoms with E-state index in [1.54, 1.807) is 0 Å². The Hall–Kier alpha value is -1.16.